The molecule has 2 rings (SSSR count). The Balaban J connectivity index is 2.25. The van der Waals surface area contributed by atoms with Crippen LogP contribution in [0.1, 0.15) is 47.8 Å². The van der Waals surface area contributed by atoms with Crippen LogP contribution < -0.4 is 4.74 Å². The minimum atomic E-state index is -0.282. The van der Waals surface area contributed by atoms with Gasteiger partial charge in [-0.15, -0.1) is 0 Å². The van der Waals surface area contributed by atoms with Crippen molar-refractivity contribution in [3.05, 3.63) is 64.7 Å². The number of benzene rings is 2. The van der Waals surface area contributed by atoms with Gasteiger partial charge >= 0.3 is 0 Å². The van der Waals surface area contributed by atoms with E-state index in [0.717, 1.165) is 28.0 Å². The number of hydrogen-bond acceptors (Lipinski definition) is 2. The number of carbonyl (C=O) groups excluding carboxylic acids is 1. The van der Waals surface area contributed by atoms with Crippen LogP contribution in [0.4, 0.5) is 0 Å². The summed E-state index contributed by atoms with van der Waals surface area (Å²) in [6.07, 6.45) is 0.356. The van der Waals surface area contributed by atoms with Gasteiger partial charge in [0.25, 0.3) is 0 Å². The molecular formula is C20H24O2. The lowest BCUT2D eigenvalue weighted by Gasteiger charge is -2.23. The largest absolute Gasteiger partial charge is 0.488 e. The van der Waals surface area contributed by atoms with E-state index in [1.54, 1.807) is 0 Å². The van der Waals surface area contributed by atoms with E-state index in [0.29, 0.717) is 6.42 Å². The van der Waals surface area contributed by atoms with Crippen LogP contribution in [0.25, 0.3) is 0 Å². The van der Waals surface area contributed by atoms with Gasteiger partial charge in [-0.25, -0.2) is 0 Å². The summed E-state index contributed by atoms with van der Waals surface area (Å²) in [6, 6.07) is 13.7. The predicted octanol–water partition coefficient (Wildman–Crippen LogP) is 4.91. The summed E-state index contributed by atoms with van der Waals surface area (Å²) in [5, 5.41) is 0. The summed E-state index contributed by atoms with van der Waals surface area (Å²) < 4.78 is 6.02. The van der Waals surface area contributed by atoms with Gasteiger partial charge in [0.1, 0.15) is 11.4 Å². The molecule has 0 radical (unpaired) electrons. The van der Waals surface area contributed by atoms with Crippen LogP contribution in [0.5, 0.6) is 5.75 Å². The van der Waals surface area contributed by atoms with E-state index in [2.05, 4.69) is 0 Å². The second-order valence-corrected chi connectivity index (χ2v) is 6.79. The molecule has 0 aliphatic carbocycles. The monoisotopic (exact) mass is 296 g/mol. The van der Waals surface area contributed by atoms with Crippen molar-refractivity contribution in [3.8, 4) is 5.75 Å². The highest BCUT2D eigenvalue weighted by molar-refractivity contribution is 5.97. The van der Waals surface area contributed by atoms with Crippen LogP contribution >= 0.6 is 0 Å². The highest BCUT2D eigenvalue weighted by atomic mass is 16.5. The molecule has 116 valence electrons. The number of rotatable bonds is 4. The van der Waals surface area contributed by atoms with Gasteiger partial charge in [-0.05, 0) is 46.2 Å². The van der Waals surface area contributed by atoms with E-state index in [4.69, 9.17) is 4.74 Å². The van der Waals surface area contributed by atoms with Gasteiger partial charge in [0, 0.05) is 17.5 Å². The van der Waals surface area contributed by atoms with Gasteiger partial charge in [0.05, 0.1) is 0 Å². The number of ether oxygens (including phenoxy) is 1. The molecule has 0 atom stereocenters. The van der Waals surface area contributed by atoms with Gasteiger partial charge in [0.2, 0.25) is 0 Å². The molecule has 2 nitrogen and oxygen atoms in total. The van der Waals surface area contributed by atoms with Crippen molar-refractivity contribution in [2.75, 3.05) is 0 Å². The number of carbonyl (C=O) groups is 1. The second-order valence-electron chi connectivity index (χ2n) is 6.79. The maximum atomic E-state index is 12.5. The lowest BCUT2D eigenvalue weighted by Crippen LogP contribution is -2.24. The molecule has 0 N–H and O–H groups in total. The van der Waals surface area contributed by atoms with Crippen molar-refractivity contribution >= 4 is 5.78 Å². The average molecular weight is 296 g/mol. The molecular weight excluding hydrogens is 272 g/mol. The molecule has 0 spiro atoms. The summed E-state index contributed by atoms with van der Waals surface area (Å²) >= 11 is 0. The zero-order valence-corrected chi connectivity index (χ0v) is 14.1. The molecule has 0 bridgehead atoms. The fraction of sp³-hybridized carbons (Fsp3) is 0.350. The highest BCUT2D eigenvalue weighted by Gasteiger charge is 2.17. The number of aryl methyl sites for hydroxylation is 2. The molecule has 0 aliphatic heterocycles. The van der Waals surface area contributed by atoms with Crippen LogP contribution in [0.2, 0.25) is 0 Å². The van der Waals surface area contributed by atoms with Crippen molar-refractivity contribution in [1.82, 2.24) is 0 Å². The SMILES string of the molecule is Cc1ccc(C(=O)Cc2ccc(C)cc2OC(C)(C)C)cc1. The van der Waals surface area contributed by atoms with E-state index in [1.807, 2.05) is 77.1 Å². The molecule has 0 aliphatic rings. The molecule has 0 saturated carbocycles. The smallest absolute Gasteiger partial charge is 0.167 e. The topological polar surface area (TPSA) is 26.3 Å². The van der Waals surface area contributed by atoms with Gasteiger partial charge in [0.15, 0.2) is 5.78 Å². The molecule has 0 unspecified atom stereocenters. The van der Waals surface area contributed by atoms with Crippen LogP contribution in [-0.2, 0) is 6.42 Å². The first-order valence-corrected chi connectivity index (χ1v) is 7.63. The van der Waals surface area contributed by atoms with Crippen LogP contribution in [0.3, 0.4) is 0 Å². The summed E-state index contributed by atoms with van der Waals surface area (Å²) in [4.78, 5) is 12.5. The van der Waals surface area contributed by atoms with Crippen molar-refractivity contribution in [2.24, 2.45) is 0 Å². The molecule has 2 aromatic rings. The highest BCUT2D eigenvalue weighted by Crippen LogP contribution is 2.26. The van der Waals surface area contributed by atoms with Crippen molar-refractivity contribution in [2.45, 2.75) is 46.6 Å². The lowest BCUT2D eigenvalue weighted by atomic mass is 10.00. The quantitative estimate of drug-likeness (QED) is 0.750. The Morgan fingerprint density at radius 2 is 1.55 bits per heavy atom. The Hall–Kier alpha value is -2.09. The average Bonchev–Trinajstić information content (AvgIpc) is 2.41. The minimum absolute atomic E-state index is 0.114. The maximum absolute atomic E-state index is 12.5. The van der Waals surface area contributed by atoms with Crippen molar-refractivity contribution in [1.29, 1.82) is 0 Å². The Bertz CT molecular complexity index is 661. The third-order valence-corrected chi connectivity index (χ3v) is 3.36. The lowest BCUT2D eigenvalue weighted by molar-refractivity contribution is 0.0984. The van der Waals surface area contributed by atoms with Crippen molar-refractivity contribution in [3.63, 3.8) is 0 Å². The predicted molar refractivity (Wildman–Crippen MR) is 90.8 cm³/mol. The Morgan fingerprint density at radius 3 is 2.14 bits per heavy atom. The zero-order valence-electron chi connectivity index (χ0n) is 14.1. The van der Waals surface area contributed by atoms with Crippen molar-refractivity contribution < 1.29 is 9.53 Å². The van der Waals surface area contributed by atoms with E-state index in [1.165, 1.54) is 0 Å². The standard InChI is InChI=1S/C20H24O2/c1-14-6-9-16(10-7-14)18(21)13-17-11-8-15(2)12-19(17)22-20(3,4)5/h6-12H,13H2,1-5H3. The van der Waals surface area contributed by atoms with Gasteiger partial charge < -0.3 is 4.74 Å². The molecule has 0 saturated heterocycles. The van der Waals surface area contributed by atoms with E-state index in [-0.39, 0.29) is 11.4 Å². The summed E-state index contributed by atoms with van der Waals surface area (Å²) in [6.45, 7) is 10.1. The first-order chi connectivity index (χ1) is 10.2. The molecule has 0 amide bonds. The van der Waals surface area contributed by atoms with E-state index >= 15 is 0 Å². The first-order valence-electron chi connectivity index (χ1n) is 7.63. The van der Waals surface area contributed by atoms with E-state index in [9.17, 15) is 4.79 Å². The summed E-state index contributed by atoms with van der Waals surface area (Å²) in [5.41, 5.74) is 3.68. The van der Waals surface area contributed by atoms with Gasteiger partial charge in [-0.2, -0.15) is 0 Å². The normalized spacial score (nSPS) is 11.3. The molecule has 0 aromatic heterocycles. The molecule has 0 heterocycles. The molecule has 0 fully saturated rings. The van der Waals surface area contributed by atoms with Gasteiger partial charge in [-0.3, -0.25) is 4.79 Å². The number of ketones is 1. The summed E-state index contributed by atoms with van der Waals surface area (Å²) in [7, 11) is 0. The third kappa shape index (κ3) is 4.45. The maximum Gasteiger partial charge on any atom is 0.167 e. The Morgan fingerprint density at radius 1 is 0.955 bits per heavy atom. The fourth-order valence-electron chi connectivity index (χ4n) is 2.25. The second kappa shape index (κ2) is 6.35. The van der Waals surface area contributed by atoms with E-state index < -0.39 is 0 Å². The number of Topliss-reactive ketones (excluding diaryl/α,β-unsaturated/α-hetero) is 1. The van der Waals surface area contributed by atoms with Crippen LogP contribution in [-0.4, -0.2) is 11.4 Å². The van der Waals surface area contributed by atoms with Crippen LogP contribution in [0.15, 0.2) is 42.5 Å². The fourth-order valence-corrected chi connectivity index (χ4v) is 2.25. The zero-order chi connectivity index (χ0) is 16.3. The Labute approximate surface area is 133 Å². The number of hydrogen-bond donors (Lipinski definition) is 0. The third-order valence-electron chi connectivity index (χ3n) is 3.36. The minimum Gasteiger partial charge on any atom is -0.488 e. The molecule has 2 aromatic carbocycles. The Kier molecular flexibility index (Phi) is 4.70. The van der Waals surface area contributed by atoms with Crippen LogP contribution in [0, 0.1) is 13.8 Å². The van der Waals surface area contributed by atoms with Gasteiger partial charge in [-0.1, -0.05) is 42.0 Å². The summed E-state index contributed by atoms with van der Waals surface area (Å²) in [5.74, 6) is 0.913. The molecule has 22 heavy (non-hydrogen) atoms. The molecule has 2 heteroatoms. The first kappa shape index (κ1) is 16.3.